The smallest absolute Gasteiger partial charge is 0.253 e. The first-order valence-electron chi connectivity index (χ1n) is 8.26. The zero-order chi connectivity index (χ0) is 18.4. The van der Waals surface area contributed by atoms with Gasteiger partial charge in [-0.25, -0.2) is 0 Å². The summed E-state index contributed by atoms with van der Waals surface area (Å²) in [7, 11) is 1.54. The van der Waals surface area contributed by atoms with Crippen molar-refractivity contribution >= 4 is 5.91 Å². The zero-order valence-electron chi connectivity index (χ0n) is 14.4. The molecule has 5 heteroatoms. The highest BCUT2D eigenvalue weighted by molar-refractivity contribution is 5.82. The van der Waals surface area contributed by atoms with E-state index in [1.807, 2.05) is 36.4 Å². The summed E-state index contributed by atoms with van der Waals surface area (Å²) in [4.78, 5) is 16.3. The van der Waals surface area contributed by atoms with Crippen molar-refractivity contribution in [2.45, 2.75) is 12.6 Å². The molecule has 0 fully saturated rings. The molecule has 1 amide bonds. The van der Waals surface area contributed by atoms with Crippen LogP contribution < -0.4 is 10.1 Å². The molecule has 1 atom stereocenters. The number of nitrogens with one attached hydrogen (secondary N) is 1. The highest BCUT2D eigenvalue weighted by atomic mass is 16.5. The van der Waals surface area contributed by atoms with Gasteiger partial charge in [0, 0.05) is 18.9 Å². The molecule has 0 radical (unpaired) electrons. The topological polar surface area (TPSA) is 71.5 Å². The summed E-state index contributed by atoms with van der Waals surface area (Å²) in [6.45, 7) is 0.340. The largest absolute Gasteiger partial charge is 0.497 e. The van der Waals surface area contributed by atoms with Crippen LogP contribution in [-0.2, 0) is 11.3 Å². The fourth-order valence-electron chi connectivity index (χ4n) is 2.60. The SMILES string of the molecule is COc1cccc([C@H](O)C(=O)NCc2ccc(-c3cccnc3)cc2)c1. The Kier molecular flexibility index (Phi) is 5.61. The first-order chi connectivity index (χ1) is 12.7. The third-order valence-corrected chi connectivity index (χ3v) is 4.07. The molecule has 0 bridgehead atoms. The Hall–Kier alpha value is -3.18. The molecule has 0 aliphatic rings. The molecule has 3 rings (SSSR count). The second-order valence-electron chi connectivity index (χ2n) is 5.84. The van der Waals surface area contributed by atoms with E-state index >= 15 is 0 Å². The lowest BCUT2D eigenvalue weighted by molar-refractivity contribution is -0.129. The van der Waals surface area contributed by atoms with Gasteiger partial charge in [-0.3, -0.25) is 9.78 Å². The molecule has 0 spiro atoms. The molecule has 0 saturated carbocycles. The van der Waals surface area contributed by atoms with E-state index in [1.54, 1.807) is 43.8 Å². The number of aliphatic hydroxyl groups excluding tert-OH is 1. The van der Waals surface area contributed by atoms with Crippen LogP contribution in [0.25, 0.3) is 11.1 Å². The number of carbonyl (C=O) groups excluding carboxylic acids is 1. The molecule has 1 heterocycles. The molecule has 2 N–H and O–H groups in total. The van der Waals surface area contributed by atoms with E-state index in [2.05, 4.69) is 10.3 Å². The van der Waals surface area contributed by atoms with Gasteiger partial charge in [-0.1, -0.05) is 42.5 Å². The minimum absolute atomic E-state index is 0.340. The van der Waals surface area contributed by atoms with Crippen LogP contribution >= 0.6 is 0 Å². The van der Waals surface area contributed by atoms with Gasteiger partial charge in [-0.2, -0.15) is 0 Å². The summed E-state index contributed by atoms with van der Waals surface area (Å²) < 4.78 is 5.11. The van der Waals surface area contributed by atoms with Gasteiger partial charge < -0.3 is 15.2 Å². The molecule has 132 valence electrons. The lowest BCUT2D eigenvalue weighted by Gasteiger charge is -2.13. The van der Waals surface area contributed by atoms with Crippen LogP contribution in [0.15, 0.2) is 73.1 Å². The van der Waals surface area contributed by atoms with Crippen molar-refractivity contribution in [3.05, 3.63) is 84.2 Å². The highest BCUT2D eigenvalue weighted by Crippen LogP contribution is 2.20. The summed E-state index contributed by atoms with van der Waals surface area (Å²) in [5.74, 6) is 0.148. The lowest BCUT2D eigenvalue weighted by atomic mass is 10.1. The summed E-state index contributed by atoms with van der Waals surface area (Å²) in [6, 6.07) is 18.6. The number of hydrogen-bond acceptors (Lipinski definition) is 4. The number of benzene rings is 2. The van der Waals surface area contributed by atoms with Gasteiger partial charge in [0.2, 0.25) is 0 Å². The molecule has 5 nitrogen and oxygen atoms in total. The fraction of sp³-hybridized carbons (Fsp3) is 0.143. The van der Waals surface area contributed by atoms with Crippen molar-refractivity contribution in [2.75, 3.05) is 7.11 Å². The molecule has 3 aromatic rings. The van der Waals surface area contributed by atoms with E-state index < -0.39 is 12.0 Å². The number of ether oxygens (including phenoxy) is 1. The first kappa shape index (κ1) is 17.6. The van der Waals surface area contributed by atoms with Gasteiger partial charge >= 0.3 is 0 Å². The number of aliphatic hydroxyl groups is 1. The molecular formula is C21H20N2O3. The van der Waals surface area contributed by atoms with E-state index in [0.717, 1.165) is 16.7 Å². The Morgan fingerprint density at radius 1 is 1.12 bits per heavy atom. The first-order valence-corrected chi connectivity index (χ1v) is 8.26. The van der Waals surface area contributed by atoms with Crippen LogP contribution in [-0.4, -0.2) is 23.1 Å². The number of methoxy groups -OCH3 is 1. The van der Waals surface area contributed by atoms with Crippen molar-refractivity contribution in [2.24, 2.45) is 0 Å². The predicted octanol–water partition coefficient (Wildman–Crippen LogP) is 3.11. The third-order valence-electron chi connectivity index (χ3n) is 4.07. The summed E-state index contributed by atoms with van der Waals surface area (Å²) in [5, 5.41) is 13.0. The highest BCUT2D eigenvalue weighted by Gasteiger charge is 2.17. The quantitative estimate of drug-likeness (QED) is 0.718. The normalized spacial score (nSPS) is 11.6. The molecular weight excluding hydrogens is 328 g/mol. The van der Waals surface area contributed by atoms with E-state index in [0.29, 0.717) is 17.9 Å². The Labute approximate surface area is 152 Å². The van der Waals surface area contributed by atoms with Crippen molar-refractivity contribution < 1.29 is 14.6 Å². The number of aromatic nitrogens is 1. The average Bonchev–Trinajstić information content (AvgIpc) is 2.72. The van der Waals surface area contributed by atoms with E-state index in [-0.39, 0.29) is 0 Å². The second kappa shape index (κ2) is 8.27. The van der Waals surface area contributed by atoms with Gasteiger partial charge in [0.1, 0.15) is 5.75 Å². The second-order valence-corrected chi connectivity index (χ2v) is 5.84. The number of rotatable bonds is 6. The van der Waals surface area contributed by atoms with Crippen LogP contribution in [0.1, 0.15) is 17.2 Å². The summed E-state index contributed by atoms with van der Waals surface area (Å²) in [6.07, 6.45) is 2.31. The molecule has 26 heavy (non-hydrogen) atoms. The van der Waals surface area contributed by atoms with E-state index in [9.17, 15) is 9.90 Å². The maximum Gasteiger partial charge on any atom is 0.253 e. The molecule has 0 aliphatic carbocycles. The molecule has 0 unspecified atom stereocenters. The van der Waals surface area contributed by atoms with Crippen LogP contribution in [0.2, 0.25) is 0 Å². The van der Waals surface area contributed by atoms with Crippen LogP contribution in [0.3, 0.4) is 0 Å². The molecule has 1 aromatic heterocycles. The van der Waals surface area contributed by atoms with Crippen molar-refractivity contribution in [3.8, 4) is 16.9 Å². The van der Waals surface area contributed by atoms with Crippen LogP contribution in [0.4, 0.5) is 0 Å². The number of amides is 1. The number of pyridine rings is 1. The van der Waals surface area contributed by atoms with Gasteiger partial charge in [-0.05, 0) is 40.5 Å². The zero-order valence-corrected chi connectivity index (χ0v) is 14.4. The maximum atomic E-state index is 12.2. The average molecular weight is 348 g/mol. The van der Waals surface area contributed by atoms with Gasteiger partial charge in [0.05, 0.1) is 7.11 Å². The predicted molar refractivity (Wildman–Crippen MR) is 99.5 cm³/mol. The van der Waals surface area contributed by atoms with Crippen molar-refractivity contribution in [1.82, 2.24) is 10.3 Å². The minimum Gasteiger partial charge on any atom is -0.497 e. The van der Waals surface area contributed by atoms with Crippen LogP contribution in [0, 0.1) is 0 Å². The van der Waals surface area contributed by atoms with Gasteiger partial charge in [-0.15, -0.1) is 0 Å². The van der Waals surface area contributed by atoms with E-state index in [1.165, 1.54) is 0 Å². The Morgan fingerprint density at radius 2 is 1.92 bits per heavy atom. The van der Waals surface area contributed by atoms with Gasteiger partial charge in [0.25, 0.3) is 5.91 Å². The number of hydrogen-bond donors (Lipinski definition) is 2. The Morgan fingerprint density at radius 3 is 2.62 bits per heavy atom. The van der Waals surface area contributed by atoms with E-state index in [4.69, 9.17) is 4.74 Å². The standard InChI is InChI=1S/C21H20N2O3/c1-26-19-6-2-4-17(12-19)20(24)21(25)23-13-15-7-9-16(10-8-15)18-5-3-11-22-14-18/h2-12,14,20,24H,13H2,1H3,(H,23,25)/t20-/m0/s1. The van der Waals surface area contributed by atoms with Crippen molar-refractivity contribution in [1.29, 1.82) is 0 Å². The third kappa shape index (κ3) is 4.26. The molecule has 2 aromatic carbocycles. The number of nitrogens with zero attached hydrogens (tertiary/aromatic N) is 1. The molecule has 0 aliphatic heterocycles. The maximum absolute atomic E-state index is 12.2. The van der Waals surface area contributed by atoms with Crippen LogP contribution in [0.5, 0.6) is 5.75 Å². The Balaban J connectivity index is 1.60. The fourth-order valence-corrected chi connectivity index (χ4v) is 2.60. The molecule has 0 saturated heterocycles. The minimum atomic E-state index is -1.24. The summed E-state index contributed by atoms with van der Waals surface area (Å²) >= 11 is 0. The lowest BCUT2D eigenvalue weighted by Crippen LogP contribution is -2.28. The monoisotopic (exact) mass is 348 g/mol. The van der Waals surface area contributed by atoms with Crippen molar-refractivity contribution in [3.63, 3.8) is 0 Å². The number of carbonyl (C=O) groups is 1. The Bertz CT molecular complexity index is 864. The van der Waals surface area contributed by atoms with Gasteiger partial charge in [0.15, 0.2) is 6.10 Å². The summed E-state index contributed by atoms with van der Waals surface area (Å²) in [5.41, 5.74) is 3.54.